The molecule has 0 aliphatic carbocycles. The Morgan fingerprint density at radius 2 is 1.90 bits per heavy atom. The van der Waals surface area contributed by atoms with Crippen molar-refractivity contribution in [3.05, 3.63) is 60.2 Å². The number of alkyl carbamates (subject to hydrolysis) is 1. The van der Waals surface area contributed by atoms with Gasteiger partial charge < -0.3 is 15.2 Å². The van der Waals surface area contributed by atoms with E-state index in [1.54, 1.807) is 13.0 Å². The summed E-state index contributed by atoms with van der Waals surface area (Å²) in [5.41, 5.74) is 0.967. The Hall–Kier alpha value is -2.47. The van der Waals surface area contributed by atoms with Crippen LogP contribution in [-0.2, 0) is 11.3 Å². The molecule has 0 aliphatic heterocycles. The lowest BCUT2D eigenvalue weighted by Gasteiger charge is -2.18. The fraction of sp³-hybridized carbons (Fsp3) is 0.267. The van der Waals surface area contributed by atoms with Gasteiger partial charge in [0, 0.05) is 18.9 Å². The zero-order valence-corrected chi connectivity index (χ0v) is 11.6. The number of hydrogen-bond donors (Lipinski definition) is 2. The molecule has 1 amide bonds. The van der Waals surface area contributed by atoms with Gasteiger partial charge in [0.2, 0.25) is 0 Å². The first-order valence-electron chi connectivity index (χ1n) is 6.60. The summed E-state index contributed by atoms with van der Waals surface area (Å²) in [7, 11) is 0. The largest absolute Gasteiger partial charge is 0.443 e. The van der Waals surface area contributed by atoms with Crippen molar-refractivity contribution in [3.8, 4) is 0 Å². The molecule has 0 aliphatic rings. The van der Waals surface area contributed by atoms with Gasteiger partial charge in [-0.15, -0.1) is 0 Å². The van der Waals surface area contributed by atoms with Crippen LogP contribution in [0.3, 0.4) is 0 Å². The van der Waals surface area contributed by atoms with Gasteiger partial charge in [0.25, 0.3) is 0 Å². The molecule has 2 N–H and O–H groups in total. The lowest BCUT2D eigenvalue weighted by Crippen LogP contribution is -2.31. The van der Waals surface area contributed by atoms with Crippen LogP contribution in [0.5, 0.6) is 0 Å². The monoisotopic (exact) mass is 287 g/mol. The van der Waals surface area contributed by atoms with Crippen molar-refractivity contribution in [2.24, 2.45) is 0 Å². The van der Waals surface area contributed by atoms with E-state index in [0.29, 0.717) is 6.54 Å². The number of aliphatic hydroxyl groups excluding tert-OH is 1. The molecule has 1 aromatic carbocycles. The number of benzene rings is 1. The standard InChI is InChI=1S/C15H17N3O3/c1-11(13(19)14-16-8-5-9-17-14)21-15(20)18-10-12-6-3-2-4-7-12/h2-9,11,13,19H,10H2,1H3,(H,18,20)/t11-,13?/m0/s1. The van der Waals surface area contributed by atoms with Crippen LogP contribution in [0.4, 0.5) is 4.79 Å². The van der Waals surface area contributed by atoms with E-state index in [4.69, 9.17) is 4.74 Å². The van der Waals surface area contributed by atoms with Gasteiger partial charge in [-0.2, -0.15) is 0 Å². The van der Waals surface area contributed by atoms with Gasteiger partial charge in [0.15, 0.2) is 11.9 Å². The van der Waals surface area contributed by atoms with Gasteiger partial charge in [-0.25, -0.2) is 14.8 Å². The van der Waals surface area contributed by atoms with Crippen LogP contribution in [0.15, 0.2) is 48.8 Å². The number of aromatic nitrogens is 2. The van der Waals surface area contributed by atoms with Crippen LogP contribution in [0.2, 0.25) is 0 Å². The highest BCUT2D eigenvalue weighted by Crippen LogP contribution is 2.14. The first-order chi connectivity index (χ1) is 10.2. The molecule has 0 saturated carbocycles. The quantitative estimate of drug-likeness (QED) is 0.876. The average Bonchev–Trinajstić information content (AvgIpc) is 2.54. The highest BCUT2D eigenvalue weighted by Gasteiger charge is 2.22. The minimum Gasteiger partial charge on any atom is -0.443 e. The molecule has 0 fully saturated rings. The predicted octanol–water partition coefficient (Wildman–Crippen LogP) is 1.82. The fourth-order valence-electron chi connectivity index (χ4n) is 1.72. The number of aliphatic hydroxyl groups is 1. The Balaban J connectivity index is 1.82. The molecule has 2 rings (SSSR count). The minimum atomic E-state index is -1.06. The predicted molar refractivity (Wildman–Crippen MR) is 76.2 cm³/mol. The van der Waals surface area contributed by atoms with Gasteiger partial charge in [-0.05, 0) is 18.6 Å². The SMILES string of the molecule is C[C@H](OC(=O)NCc1ccccc1)C(O)c1ncccn1. The Morgan fingerprint density at radius 3 is 2.57 bits per heavy atom. The van der Waals surface area contributed by atoms with E-state index in [0.717, 1.165) is 5.56 Å². The van der Waals surface area contributed by atoms with Gasteiger partial charge in [0.05, 0.1) is 0 Å². The number of nitrogens with one attached hydrogen (secondary N) is 1. The molecule has 2 atom stereocenters. The van der Waals surface area contributed by atoms with Crippen molar-refractivity contribution >= 4 is 6.09 Å². The van der Waals surface area contributed by atoms with Crippen molar-refractivity contribution in [3.63, 3.8) is 0 Å². The maximum Gasteiger partial charge on any atom is 0.407 e. The molecule has 1 heterocycles. The molecule has 0 radical (unpaired) electrons. The third kappa shape index (κ3) is 4.54. The van der Waals surface area contributed by atoms with Gasteiger partial charge in [-0.1, -0.05) is 30.3 Å². The summed E-state index contributed by atoms with van der Waals surface area (Å²) in [5, 5.41) is 12.6. The van der Waals surface area contributed by atoms with E-state index >= 15 is 0 Å². The number of ether oxygens (including phenoxy) is 1. The normalized spacial score (nSPS) is 13.2. The van der Waals surface area contributed by atoms with Crippen molar-refractivity contribution in [2.75, 3.05) is 0 Å². The third-order valence-corrected chi connectivity index (χ3v) is 2.87. The summed E-state index contributed by atoms with van der Waals surface area (Å²) < 4.78 is 5.11. The summed E-state index contributed by atoms with van der Waals surface area (Å²) in [5.74, 6) is 0.223. The van der Waals surface area contributed by atoms with E-state index in [1.807, 2.05) is 30.3 Å². The topological polar surface area (TPSA) is 84.3 Å². The number of hydrogen-bond acceptors (Lipinski definition) is 5. The van der Waals surface area contributed by atoms with Crippen LogP contribution in [0.1, 0.15) is 24.4 Å². The molecule has 0 bridgehead atoms. The molecule has 6 nitrogen and oxygen atoms in total. The maximum absolute atomic E-state index is 11.7. The number of carbonyl (C=O) groups is 1. The van der Waals surface area contributed by atoms with Crippen LogP contribution in [0.25, 0.3) is 0 Å². The molecular weight excluding hydrogens is 270 g/mol. The molecule has 1 unspecified atom stereocenters. The van der Waals surface area contributed by atoms with Crippen molar-refractivity contribution < 1.29 is 14.6 Å². The second-order valence-electron chi connectivity index (χ2n) is 4.50. The zero-order chi connectivity index (χ0) is 15.1. The summed E-state index contributed by atoms with van der Waals surface area (Å²) in [6.07, 6.45) is 0.639. The van der Waals surface area contributed by atoms with E-state index in [1.165, 1.54) is 12.4 Å². The molecular formula is C15H17N3O3. The molecule has 21 heavy (non-hydrogen) atoms. The highest BCUT2D eigenvalue weighted by atomic mass is 16.6. The summed E-state index contributed by atoms with van der Waals surface area (Å²) in [6.45, 7) is 1.95. The van der Waals surface area contributed by atoms with E-state index in [-0.39, 0.29) is 5.82 Å². The average molecular weight is 287 g/mol. The van der Waals surface area contributed by atoms with Crippen molar-refractivity contribution in [2.45, 2.75) is 25.7 Å². The fourth-order valence-corrected chi connectivity index (χ4v) is 1.72. The lowest BCUT2D eigenvalue weighted by molar-refractivity contribution is 0.00734. The summed E-state index contributed by atoms with van der Waals surface area (Å²) in [6, 6.07) is 11.1. The summed E-state index contributed by atoms with van der Waals surface area (Å²) in [4.78, 5) is 19.5. The van der Waals surface area contributed by atoms with Gasteiger partial charge >= 0.3 is 6.09 Å². The van der Waals surface area contributed by atoms with Gasteiger partial charge in [0.1, 0.15) is 6.10 Å². The number of amides is 1. The minimum absolute atomic E-state index is 0.223. The van der Waals surface area contributed by atoms with Crippen molar-refractivity contribution in [1.82, 2.24) is 15.3 Å². The van der Waals surface area contributed by atoms with Crippen LogP contribution in [-0.4, -0.2) is 27.3 Å². The Labute approximate surface area is 122 Å². The third-order valence-electron chi connectivity index (χ3n) is 2.87. The van der Waals surface area contributed by atoms with E-state index in [2.05, 4.69) is 15.3 Å². The van der Waals surface area contributed by atoms with Crippen molar-refractivity contribution in [1.29, 1.82) is 0 Å². The molecule has 0 saturated heterocycles. The number of carbonyl (C=O) groups excluding carboxylic acids is 1. The first-order valence-corrected chi connectivity index (χ1v) is 6.60. The Bertz CT molecular complexity index is 563. The maximum atomic E-state index is 11.7. The highest BCUT2D eigenvalue weighted by molar-refractivity contribution is 5.67. The molecule has 1 aromatic heterocycles. The Kier molecular flexibility index (Phi) is 5.22. The van der Waals surface area contributed by atoms with Crippen LogP contribution in [0, 0.1) is 0 Å². The number of rotatable bonds is 5. The first kappa shape index (κ1) is 14.9. The van der Waals surface area contributed by atoms with Crippen LogP contribution >= 0.6 is 0 Å². The smallest absolute Gasteiger partial charge is 0.407 e. The lowest BCUT2D eigenvalue weighted by atomic mass is 10.2. The van der Waals surface area contributed by atoms with Gasteiger partial charge in [-0.3, -0.25) is 0 Å². The second-order valence-corrected chi connectivity index (χ2v) is 4.50. The van der Waals surface area contributed by atoms with E-state index in [9.17, 15) is 9.90 Å². The van der Waals surface area contributed by atoms with Crippen LogP contribution < -0.4 is 5.32 Å². The molecule has 0 spiro atoms. The van der Waals surface area contributed by atoms with E-state index < -0.39 is 18.3 Å². The Morgan fingerprint density at radius 1 is 1.24 bits per heavy atom. The molecule has 2 aromatic rings. The number of nitrogens with zero attached hydrogens (tertiary/aromatic N) is 2. The summed E-state index contributed by atoms with van der Waals surface area (Å²) >= 11 is 0. The molecule has 110 valence electrons. The second kappa shape index (κ2) is 7.35. The molecule has 6 heteroatoms. The zero-order valence-electron chi connectivity index (χ0n) is 11.6.